The summed E-state index contributed by atoms with van der Waals surface area (Å²) in [6.07, 6.45) is 1.04. The molecule has 3 rings (SSSR count). The van der Waals surface area contributed by atoms with Crippen LogP contribution in [0.4, 0.5) is 0 Å². The molecule has 0 aliphatic carbocycles. The van der Waals surface area contributed by atoms with Crippen LogP contribution in [0.25, 0.3) is 11.0 Å². The van der Waals surface area contributed by atoms with E-state index < -0.39 is 6.10 Å². The normalized spacial score (nSPS) is 19.6. The summed E-state index contributed by atoms with van der Waals surface area (Å²) < 4.78 is 1.77. The highest BCUT2D eigenvalue weighted by molar-refractivity contribution is 5.80. The Labute approximate surface area is 103 Å². The number of aromatic nitrogens is 2. The van der Waals surface area contributed by atoms with Crippen LogP contribution < -0.4 is 0 Å². The van der Waals surface area contributed by atoms with E-state index in [-0.39, 0.29) is 25.6 Å². The van der Waals surface area contributed by atoms with Crippen molar-refractivity contribution in [1.82, 2.24) is 14.6 Å². The average Bonchev–Trinajstić information content (AvgIpc) is 2.97. The van der Waals surface area contributed by atoms with Gasteiger partial charge in [0.2, 0.25) is 0 Å². The zero-order valence-corrected chi connectivity index (χ0v) is 9.69. The number of hydrogen-bond acceptors (Lipinski definition) is 4. The summed E-state index contributed by atoms with van der Waals surface area (Å²) in [5.74, 6) is -0.185. The summed E-state index contributed by atoms with van der Waals surface area (Å²) in [4.78, 5) is 21.2. The summed E-state index contributed by atoms with van der Waals surface area (Å²) in [5.41, 5.74) is 1.76. The zero-order chi connectivity index (χ0) is 12.5. The minimum absolute atomic E-state index is 0.160. The van der Waals surface area contributed by atoms with Gasteiger partial charge in [0.1, 0.15) is 13.2 Å². The Bertz CT molecular complexity index is 581. The fraction of sp³-hybridized carbons (Fsp3) is 0.333. The van der Waals surface area contributed by atoms with Gasteiger partial charge in [-0.05, 0) is 12.1 Å². The molecule has 1 aliphatic rings. The summed E-state index contributed by atoms with van der Waals surface area (Å²) in [7, 11) is 0. The summed E-state index contributed by atoms with van der Waals surface area (Å²) in [6, 6.07) is 7.62. The lowest BCUT2D eigenvalue weighted by atomic mass is 10.3. The lowest BCUT2D eigenvalue weighted by Crippen LogP contribution is -2.31. The van der Waals surface area contributed by atoms with Crippen molar-refractivity contribution in [2.24, 2.45) is 0 Å². The topological polar surface area (TPSA) is 67.6 Å². The van der Waals surface area contributed by atoms with Crippen LogP contribution >= 0.6 is 0 Å². The first-order valence-electron chi connectivity index (χ1n) is 5.75. The van der Waals surface area contributed by atoms with Crippen LogP contribution in [0.2, 0.25) is 0 Å². The number of carbonyl (C=O) groups is 1. The number of β-amino-alcohol motifs (C(OH)–C–C–N with tert-alkyl or cyclic N) is 1. The van der Waals surface area contributed by atoms with Crippen molar-refractivity contribution in [3.05, 3.63) is 30.6 Å². The average molecular weight is 247 g/mol. The Balaban J connectivity index is 1.78. The van der Waals surface area contributed by atoms with E-state index >= 15 is 0 Å². The van der Waals surface area contributed by atoms with Crippen molar-refractivity contribution in [2.75, 3.05) is 13.2 Å². The fourth-order valence-corrected chi connectivity index (χ4v) is 2.01. The molecular formula is C12H13N3O3. The molecule has 0 unspecified atom stereocenters. The summed E-state index contributed by atoms with van der Waals surface area (Å²) in [6.45, 7) is 0.565. The van der Waals surface area contributed by atoms with Crippen molar-refractivity contribution in [3.8, 4) is 0 Å². The number of aliphatic hydroxyl groups excluding tert-OH is 1. The highest BCUT2D eigenvalue weighted by atomic mass is 16.7. The first-order chi connectivity index (χ1) is 8.74. The molecular weight excluding hydrogens is 234 g/mol. The second-order valence-electron chi connectivity index (χ2n) is 4.27. The van der Waals surface area contributed by atoms with E-state index in [1.165, 1.54) is 5.06 Å². The fourth-order valence-electron chi connectivity index (χ4n) is 2.01. The molecule has 2 heterocycles. The van der Waals surface area contributed by atoms with Crippen molar-refractivity contribution in [3.63, 3.8) is 0 Å². The van der Waals surface area contributed by atoms with Crippen LogP contribution in [0.15, 0.2) is 30.6 Å². The monoisotopic (exact) mass is 247 g/mol. The largest absolute Gasteiger partial charge is 0.389 e. The minimum Gasteiger partial charge on any atom is -0.389 e. The molecule has 1 aliphatic heterocycles. The van der Waals surface area contributed by atoms with Crippen molar-refractivity contribution >= 4 is 16.9 Å². The Morgan fingerprint density at radius 3 is 3.11 bits per heavy atom. The molecule has 18 heavy (non-hydrogen) atoms. The lowest BCUT2D eigenvalue weighted by Gasteiger charge is -2.14. The molecule has 1 aromatic carbocycles. The second kappa shape index (κ2) is 4.40. The highest BCUT2D eigenvalue weighted by Gasteiger charge is 2.26. The molecule has 0 saturated carbocycles. The van der Waals surface area contributed by atoms with Gasteiger partial charge in [0.15, 0.2) is 0 Å². The van der Waals surface area contributed by atoms with Gasteiger partial charge < -0.3 is 9.67 Å². The Morgan fingerprint density at radius 1 is 1.50 bits per heavy atom. The number of amides is 1. The van der Waals surface area contributed by atoms with Crippen molar-refractivity contribution in [1.29, 1.82) is 0 Å². The molecule has 1 amide bonds. The van der Waals surface area contributed by atoms with E-state index in [0.29, 0.717) is 0 Å². The third kappa shape index (κ3) is 1.96. The predicted molar refractivity (Wildman–Crippen MR) is 63.4 cm³/mol. The lowest BCUT2D eigenvalue weighted by molar-refractivity contribution is -0.169. The maximum Gasteiger partial charge on any atom is 0.266 e. The maximum absolute atomic E-state index is 11.9. The number of para-hydroxylation sites is 2. The number of rotatable bonds is 2. The molecule has 1 aromatic heterocycles. The smallest absolute Gasteiger partial charge is 0.266 e. The van der Waals surface area contributed by atoms with E-state index in [1.54, 1.807) is 10.9 Å². The van der Waals surface area contributed by atoms with Crippen LogP contribution in [0.5, 0.6) is 0 Å². The molecule has 6 heteroatoms. The standard InChI is InChI=1S/C12H13N3O3/c16-9-5-15(18-7-9)12(17)6-14-8-13-10-3-1-2-4-11(10)14/h1-4,8-9,16H,5-7H2/t9-/m0/s1. The van der Waals surface area contributed by atoms with Gasteiger partial charge in [0.25, 0.3) is 5.91 Å². The molecule has 0 radical (unpaired) electrons. The number of hydroxylamine groups is 2. The second-order valence-corrected chi connectivity index (χ2v) is 4.27. The number of aliphatic hydroxyl groups is 1. The van der Waals surface area contributed by atoms with E-state index in [1.807, 2.05) is 24.3 Å². The molecule has 94 valence electrons. The number of hydrogen-bond donors (Lipinski definition) is 1. The molecule has 1 N–H and O–H groups in total. The zero-order valence-electron chi connectivity index (χ0n) is 9.69. The van der Waals surface area contributed by atoms with Gasteiger partial charge in [0, 0.05) is 0 Å². The third-order valence-electron chi connectivity index (χ3n) is 2.91. The quantitative estimate of drug-likeness (QED) is 0.821. The summed E-state index contributed by atoms with van der Waals surface area (Å²) in [5, 5.41) is 10.5. The number of nitrogens with zero attached hydrogens (tertiary/aromatic N) is 3. The van der Waals surface area contributed by atoms with E-state index in [9.17, 15) is 9.90 Å². The summed E-state index contributed by atoms with van der Waals surface area (Å²) >= 11 is 0. The van der Waals surface area contributed by atoms with Crippen molar-refractivity contribution in [2.45, 2.75) is 12.6 Å². The molecule has 2 aromatic rings. The first-order valence-corrected chi connectivity index (χ1v) is 5.75. The Kier molecular flexibility index (Phi) is 2.73. The van der Waals surface area contributed by atoms with Crippen LogP contribution in [-0.4, -0.2) is 44.9 Å². The predicted octanol–water partition coefficient (Wildman–Crippen LogP) is 0.171. The van der Waals surface area contributed by atoms with E-state index in [4.69, 9.17) is 4.84 Å². The Hall–Kier alpha value is -1.92. The van der Waals surface area contributed by atoms with Gasteiger partial charge in [-0.3, -0.25) is 9.63 Å². The number of carbonyl (C=O) groups excluding carboxylic acids is 1. The van der Waals surface area contributed by atoms with Crippen molar-refractivity contribution < 1.29 is 14.7 Å². The maximum atomic E-state index is 11.9. The SMILES string of the molecule is O=C(Cn1cnc2ccccc21)N1C[C@H](O)CO1. The molecule has 0 spiro atoms. The van der Waals surface area contributed by atoms with Gasteiger partial charge in [-0.15, -0.1) is 0 Å². The van der Waals surface area contributed by atoms with Crippen LogP contribution in [0, 0.1) is 0 Å². The molecule has 1 atom stereocenters. The highest BCUT2D eigenvalue weighted by Crippen LogP contribution is 2.13. The number of imidazole rings is 1. The van der Waals surface area contributed by atoms with Gasteiger partial charge in [-0.25, -0.2) is 10.0 Å². The molecule has 1 saturated heterocycles. The third-order valence-corrected chi connectivity index (χ3v) is 2.91. The Morgan fingerprint density at radius 2 is 2.33 bits per heavy atom. The van der Waals surface area contributed by atoms with Crippen LogP contribution in [-0.2, 0) is 16.2 Å². The van der Waals surface area contributed by atoms with Gasteiger partial charge in [0.05, 0.1) is 30.0 Å². The molecule has 0 bridgehead atoms. The van der Waals surface area contributed by atoms with E-state index in [0.717, 1.165) is 11.0 Å². The number of benzene rings is 1. The number of fused-ring (bicyclic) bond motifs is 1. The molecule has 1 fully saturated rings. The van der Waals surface area contributed by atoms with Gasteiger partial charge in [-0.1, -0.05) is 12.1 Å². The van der Waals surface area contributed by atoms with Crippen LogP contribution in [0.3, 0.4) is 0 Å². The van der Waals surface area contributed by atoms with Gasteiger partial charge in [-0.2, -0.15) is 0 Å². The van der Waals surface area contributed by atoms with Crippen LogP contribution in [0.1, 0.15) is 0 Å². The first kappa shape index (κ1) is 11.2. The molecule has 6 nitrogen and oxygen atoms in total. The minimum atomic E-state index is -0.589. The van der Waals surface area contributed by atoms with E-state index in [2.05, 4.69) is 4.98 Å². The van der Waals surface area contributed by atoms with Gasteiger partial charge >= 0.3 is 0 Å².